The Balaban J connectivity index is 0.000000459. The highest BCUT2D eigenvalue weighted by molar-refractivity contribution is 5.92. The average Bonchev–Trinajstić information content (AvgIpc) is 2.62. The lowest BCUT2D eigenvalue weighted by Crippen LogP contribution is -2.09. The minimum atomic E-state index is -1.83. The number of phenolic OH excluding ortho intramolecular Hbond substituents is 1. The molecule has 0 atom stereocenters. The van der Waals surface area contributed by atoms with E-state index in [1.165, 1.54) is 18.2 Å². The number of rotatable bonds is 5. The Morgan fingerprint density at radius 1 is 0.897 bits per heavy atom. The molecule has 0 amide bonds. The highest BCUT2D eigenvalue weighted by Gasteiger charge is 2.11. The van der Waals surface area contributed by atoms with Crippen LogP contribution in [0.2, 0.25) is 0 Å². The molecule has 0 spiro atoms. The molecule has 0 aliphatic rings. The number of hydrogen-bond acceptors (Lipinski definition) is 6. The highest BCUT2D eigenvalue weighted by atomic mass is 16.6. The molecule has 0 saturated heterocycles. The predicted molar refractivity (Wildman–Crippen MR) is 104 cm³/mol. The van der Waals surface area contributed by atoms with Crippen LogP contribution in [0.3, 0.4) is 0 Å². The van der Waals surface area contributed by atoms with Crippen LogP contribution in [0.1, 0.15) is 41.5 Å². The summed E-state index contributed by atoms with van der Waals surface area (Å²) in [7, 11) is 0. The van der Waals surface area contributed by atoms with Crippen LogP contribution < -0.4 is 4.74 Å². The zero-order chi connectivity index (χ0) is 22.4. The Kier molecular flexibility index (Phi) is 11.7. The van der Waals surface area contributed by atoms with E-state index in [-0.39, 0.29) is 23.0 Å². The van der Waals surface area contributed by atoms with Gasteiger partial charge in [-0.3, -0.25) is 0 Å². The van der Waals surface area contributed by atoms with E-state index in [1.807, 2.05) is 13.8 Å². The molecule has 4 N–H and O–H groups in total. The summed E-state index contributed by atoms with van der Waals surface area (Å²) in [6.45, 7) is 5.75. The van der Waals surface area contributed by atoms with Gasteiger partial charge >= 0.3 is 18.1 Å². The number of hydrogen-bond donors (Lipinski definition) is 4. The van der Waals surface area contributed by atoms with Gasteiger partial charge in [-0.2, -0.15) is 0 Å². The molecule has 0 fully saturated rings. The third-order valence-electron chi connectivity index (χ3n) is 2.88. The van der Waals surface area contributed by atoms with Crippen molar-refractivity contribution in [2.24, 2.45) is 0 Å². The number of aromatic hydroxyl groups is 1. The van der Waals surface area contributed by atoms with Gasteiger partial charge in [-0.15, -0.1) is 0 Å². The van der Waals surface area contributed by atoms with E-state index in [9.17, 15) is 14.7 Å². The summed E-state index contributed by atoms with van der Waals surface area (Å²) in [5, 5.41) is 31.9. The molecule has 0 bridgehead atoms. The molecule has 0 unspecified atom stereocenters. The number of para-hydroxylation sites is 2. The predicted octanol–water partition coefficient (Wildman–Crippen LogP) is 3.96. The Labute approximate surface area is 167 Å². The van der Waals surface area contributed by atoms with Crippen LogP contribution >= 0.6 is 0 Å². The van der Waals surface area contributed by atoms with Gasteiger partial charge in [-0.1, -0.05) is 24.3 Å². The van der Waals surface area contributed by atoms with Gasteiger partial charge in [0.25, 0.3) is 0 Å². The third kappa shape index (κ3) is 10.9. The lowest BCUT2D eigenvalue weighted by molar-refractivity contribution is 0.0522. The molecule has 0 saturated carbocycles. The van der Waals surface area contributed by atoms with Crippen LogP contribution in [-0.4, -0.2) is 51.2 Å². The monoisotopic (exact) mass is 408 g/mol. The second-order valence-corrected chi connectivity index (χ2v) is 5.49. The Hall–Kier alpha value is -3.75. The number of ether oxygens (including phenoxy) is 2. The molecule has 0 aliphatic heterocycles. The van der Waals surface area contributed by atoms with Crippen LogP contribution in [0.25, 0.3) is 0 Å². The van der Waals surface area contributed by atoms with Crippen molar-refractivity contribution >= 4 is 18.1 Å². The molecule has 158 valence electrons. The fourth-order valence-electron chi connectivity index (χ4n) is 1.86. The number of aromatic carboxylic acids is 1. The van der Waals surface area contributed by atoms with Crippen molar-refractivity contribution in [2.45, 2.75) is 26.9 Å². The van der Waals surface area contributed by atoms with Crippen molar-refractivity contribution in [3.63, 3.8) is 0 Å². The molecule has 2 aromatic rings. The van der Waals surface area contributed by atoms with Gasteiger partial charge in [0.1, 0.15) is 22.6 Å². The summed E-state index contributed by atoms with van der Waals surface area (Å²) in [6, 6.07) is 12.9. The molecule has 0 radical (unpaired) electrons. The molecule has 9 heteroatoms. The number of benzene rings is 2. The molecular weight excluding hydrogens is 384 g/mol. The summed E-state index contributed by atoms with van der Waals surface area (Å²) >= 11 is 0. The number of phenols is 1. The van der Waals surface area contributed by atoms with Crippen LogP contribution in [0.4, 0.5) is 4.79 Å². The summed E-state index contributed by atoms with van der Waals surface area (Å²) in [5.74, 6) is -1.08. The number of carbonyl (C=O) groups is 3. The van der Waals surface area contributed by atoms with Gasteiger partial charge in [0.05, 0.1) is 12.7 Å². The van der Waals surface area contributed by atoms with Crippen LogP contribution in [0, 0.1) is 0 Å². The van der Waals surface area contributed by atoms with Gasteiger partial charge < -0.3 is 29.9 Å². The van der Waals surface area contributed by atoms with E-state index in [4.69, 9.17) is 29.6 Å². The summed E-state index contributed by atoms with van der Waals surface area (Å²) in [5.41, 5.74) is 0.413. The first kappa shape index (κ1) is 25.2. The standard InChI is InChI=1S/C10H12O3.C9H10O3.CH2O3/c1-7(2)13-9-6-4-3-5-8(9)10(11)12;1-2-12-9(11)7-5-3-4-6-8(7)10;2-1(3)4/h3-7H,1-2H3,(H,11,12);3-6,10H,2H2,1H3;(H2,2,3,4). The van der Waals surface area contributed by atoms with Crippen LogP contribution in [0.15, 0.2) is 48.5 Å². The smallest absolute Gasteiger partial charge is 0.503 e. The van der Waals surface area contributed by atoms with Gasteiger partial charge in [-0.05, 0) is 45.0 Å². The van der Waals surface area contributed by atoms with Crippen molar-refractivity contribution in [1.29, 1.82) is 0 Å². The van der Waals surface area contributed by atoms with Crippen LogP contribution in [0.5, 0.6) is 11.5 Å². The zero-order valence-electron chi connectivity index (χ0n) is 16.2. The van der Waals surface area contributed by atoms with Crippen molar-refractivity contribution in [1.82, 2.24) is 0 Å². The Morgan fingerprint density at radius 2 is 1.38 bits per heavy atom. The first-order chi connectivity index (χ1) is 13.6. The van der Waals surface area contributed by atoms with Gasteiger partial charge in [0.15, 0.2) is 0 Å². The van der Waals surface area contributed by atoms with Crippen molar-refractivity contribution in [3.8, 4) is 11.5 Å². The quantitative estimate of drug-likeness (QED) is 0.539. The minimum absolute atomic E-state index is 0.0134. The van der Waals surface area contributed by atoms with E-state index in [1.54, 1.807) is 37.3 Å². The van der Waals surface area contributed by atoms with E-state index < -0.39 is 18.1 Å². The van der Waals surface area contributed by atoms with Crippen molar-refractivity contribution in [2.75, 3.05) is 6.61 Å². The average molecular weight is 408 g/mol. The lowest BCUT2D eigenvalue weighted by Gasteiger charge is -2.11. The summed E-state index contributed by atoms with van der Waals surface area (Å²) < 4.78 is 10.0. The Bertz CT molecular complexity index is 796. The highest BCUT2D eigenvalue weighted by Crippen LogP contribution is 2.19. The minimum Gasteiger partial charge on any atom is -0.507 e. The molecule has 0 aliphatic carbocycles. The number of esters is 1. The zero-order valence-corrected chi connectivity index (χ0v) is 16.2. The fourth-order valence-corrected chi connectivity index (χ4v) is 1.86. The van der Waals surface area contributed by atoms with Crippen molar-refractivity contribution < 1.29 is 44.3 Å². The maximum atomic E-state index is 11.1. The molecule has 29 heavy (non-hydrogen) atoms. The first-order valence-corrected chi connectivity index (χ1v) is 8.46. The lowest BCUT2D eigenvalue weighted by atomic mass is 10.2. The Morgan fingerprint density at radius 3 is 1.83 bits per heavy atom. The SMILES string of the molecule is CC(C)Oc1ccccc1C(=O)O.CCOC(=O)c1ccccc1O.O=C(O)O. The summed E-state index contributed by atoms with van der Waals surface area (Å²) in [4.78, 5) is 30.4. The second-order valence-electron chi connectivity index (χ2n) is 5.49. The summed E-state index contributed by atoms with van der Waals surface area (Å²) in [6.07, 6.45) is -1.85. The molecule has 2 aromatic carbocycles. The number of carboxylic acids is 1. The van der Waals surface area contributed by atoms with Crippen LogP contribution in [-0.2, 0) is 4.74 Å². The fraction of sp³-hybridized carbons (Fsp3) is 0.250. The molecule has 0 aromatic heterocycles. The molecule has 2 rings (SSSR count). The second kappa shape index (κ2) is 13.4. The van der Waals surface area contributed by atoms with Gasteiger partial charge in [0.2, 0.25) is 0 Å². The number of carboxylic acid groups (broad SMARTS) is 3. The van der Waals surface area contributed by atoms with Crippen molar-refractivity contribution in [3.05, 3.63) is 59.7 Å². The van der Waals surface area contributed by atoms with E-state index in [2.05, 4.69) is 0 Å². The van der Waals surface area contributed by atoms with E-state index in [0.717, 1.165) is 0 Å². The molecule has 9 nitrogen and oxygen atoms in total. The topological polar surface area (TPSA) is 151 Å². The molecule has 0 heterocycles. The maximum Gasteiger partial charge on any atom is 0.503 e. The van der Waals surface area contributed by atoms with Gasteiger partial charge in [0, 0.05) is 0 Å². The van der Waals surface area contributed by atoms with E-state index >= 15 is 0 Å². The van der Waals surface area contributed by atoms with E-state index in [0.29, 0.717) is 12.4 Å². The molecular formula is C20H24O9. The largest absolute Gasteiger partial charge is 0.507 e. The number of carbonyl (C=O) groups excluding carboxylic acids is 1. The first-order valence-electron chi connectivity index (χ1n) is 8.46. The van der Waals surface area contributed by atoms with Gasteiger partial charge in [-0.25, -0.2) is 14.4 Å². The third-order valence-corrected chi connectivity index (χ3v) is 2.88. The normalized spacial score (nSPS) is 9.24. The maximum absolute atomic E-state index is 11.1.